The first-order valence-electron chi connectivity index (χ1n) is 33.5. The highest BCUT2D eigenvalue weighted by atomic mass is 16.6. The van der Waals surface area contributed by atoms with E-state index in [9.17, 15) is 14.4 Å². The maximum Gasteiger partial charge on any atom is 0.306 e. The second-order valence-electron chi connectivity index (χ2n) is 22.7. The topological polar surface area (TPSA) is 78.9 Å². The molecule has 1 atom stereocenters. The van der Waals surface area contributed by atoms with Crippen LogP contribution in [0.3, 0.4) is 0 Å². The van der Waals surface area contributed by atoms with Crippen molar-refractivity contribution in [2.45, 2.75) is 374 Å². The molecule has 0 bridgehead atoms. The molecule has 0 rings (SSSR count). The van der Waals surface area contributed by atoms with E-state index in [0.29, 0.717) is 19.3 Å². The average Bonchev–Trinajstić information content (AvgIpc) is 3.41. The summed E-state index contributed by atoms with van der Waals surface area (Å²) in [5, 5.41) is 0. The van der Waals surface area contributed by atoms with E-state index in [1.54, 1.807) is 0 Å². The first-order valence-corrected chi connectivity index (χ1v) is 33.5. The molecule has 1 unspecified atom stereocenters. The number of unbranched alkanes of at least 4 members (excludes halogenated alkanes) is 45. The van der Waals surface area contributed by atoms with Gasteiger partial charge in [0.25, 0.3) is 0 Å². The first-order chi connectivity index (χ1) is 37.0. The van der Waals surface area contributed by atoms with E-state index >= 15 is 0 Å². The summed E-state index contributed by atoms with van der Waals surface area (Å²) >= 11 is 0. The van der Waals surface area contributed by atoms with Crippen molar-refractivity contribution in [2.75, 3.05) is 13.2 Å². The van der Waals surface area contributed by atoms with Crippen molar-refractivity contribution >= 4 is 17.9 Å². The van der Waals surface area contributed by atoms with E-state index in [1.807, 2.05) is 0 Å². The summed E-state index contributed by atoms with van der Waals surface area (Å²) in [6.07, 6.45) is 78.9. The maximum absolute atomic E-state index is 12.8. The van der Waals surface area contributed by atoms with Crippen LogP contribution in [0.5, 0.6) is 0 Å². The minimum atomic E-state index is -0.765. The lowest BCUT2D eigenvalue weighted by atomic mass is 10.0. The monoisotopic (exact) mass is 1050 g/mol. The van der Waals surface area contributed by atoms with Gasteiger partial charge in [-0.1, -0.05) is 327 Å². The fourth-order valence-electron chi connectivity index (χ4n) is 10.1. The van der Waals surface area contributed by atoms with E-state index in [1.165, 1.54) is 257 Å². The van der Waals surface area contributed by atoms with Gasteiger partial charge in [0.2, 0.25) is 0 Å². The van der Waals surface area contributed by atoms with Crippen molar-refractivity contribution < 1.29 is 28.6 Å². The van der Waals surface area contributed by atoms with Gasteiger partial charge in [0.05, 0.1) is 0 Å². The van der Waals surface area contributed by atoms with Crippen LogP contribution in [0.1, 0.15) is 367 Å². The normalized spacial score (nSPS) is 12.2. The molecule has 0 aliphatic rings. The molecule has 6 heteroatoms. The van der Waals surface area contributed by atoms with E-state index in [-0.39, 0.29) is 31.1 Å². The summed E-state index contributed by atoms with van der Waals surface area (Å²) in [5.74, 6) is -0.841. The van der Waals surface area contributed by atoms with Gasteiger partial charge in [-0.3, -0.25) is 14.4 Å². The maximum atomic E-state index is 12.8. The molecule has 0 saturated carbocycles. The lowest BCUT2D eigenvalue weighted by Gasteiger charge is -2.18. The highest BCUT2D eigenvalue weighted by Gasteiger charge is 2.19. The Morgan fingerprint density at radius 3 is 0.747 bits per heavy atom. The predicted molar refractivity (Wildman–Crippen MR) is 326 cm³/mol. The molecule has 0 N–H and O–H groups in total. The Kier molecular flexibility index (Phi) is 62.1. The summed E-state index contributed by atoms with van der Waals surface area (Å²) in [5.41, 5.74) is 0. The smallest absolute Gasteiger partial charge is 0.306 e. The van der Waals surface area contributed by atoms with Gasteiger partial charge < -0.3 is 14.2 Å². The highest BCUT2D eigenvalue weighted by molar-refractivity contribution is 5.71. The SMILES string of the molecule is CCCCCCC/C=C\C/C=C\C/C=C\CCCCCCCCCCCCCCCCCCCCC(=O)OCC(COC(=O)CCCCCCCCCCCCCC)OC(=O)CCCCCCCCCCCCCC. The van der Waals surface area contributed by atoms with Crippen LogP contribution in [0, 0.1) is 0 Å². The van der Waals surface area contributed by atoms with Crippen LogP contribution in [0.25, 0.3) is 0 Å². The van der Waals surface area contributed by atoms with Crippen molar-refractivity contribution in [3.05, 3.63) is 36.5 Å². The van der Waals surface area contributed by atoms with Crippen LogP contribution < -0.4 is 0 Å². The molecule has 440 valence electrons. The molecule has 0 fully saturated rings. The molecule has 0 saturated heterocycles. The summed E-state index contributed by atoms with van der Waals surface area (Å²) < 4.78 is 16.9. The Hall–Kier alpha value is -2.37. The Balaban J connectivity index is 4.03. The molecule has 0 radical (unpaired) electrons. The van der Waals surface area contributed by atoms with Crippen molar-refractivity contribution in [3.8, 4) is 0 Å². The number of allylic oxidation sites excluding steroid dienone is 6. The second kappa shape index (κ2) is 64.2. The number of rotatable bonds is 62. The minimum absolute atomic E-state index is 0.0648. The summed E-state index contributed by atoms with van der Waals surface area (Å²) in [6, 6.07) is 0. The first kappa shape index (κ1) is 72.6. The third kappa shape index (κ3) is 62.4. The van der Waals surface area contributed by atoms with E-state index in [2.05, 4.69) is 57.2 Å². The third-order valence-corrected chi connectivity index (χ3v) is 15.1. The number of hydrogen-bond acceptors (Lipinski definition) is 6. The Bertz CT molecular complexity index is 1250. The second-order valence-corrected chi connectivity index (χ2v) is 22.7. The standard InChI is InChI=1S/C69H128O6/c1-4-7-10-13-16-19-22-25-26-27-28-29-30-31-32-33-34-35-36-37-38-39-40-41-42-43-44-45-48-50-53-56-59-62-68(71)74-65-66(75-69(72)63-60-57-54-51-47-24-21-18-15-12-9-6-3)64-73-67(70)61-58-55-52-49-46-23-20-17-14-11-8-5-2/h22,25,27-28,30-31,66H,4-21,23-24,26,29,32-65H2,1-3H3/b25-22-,28-27-,31-30-. The fraction of sp³-hybridized carbons (Fsp3) is 0.870. The van der Waals surface area contributed by atoms with Crippen molar-refractivity contribution in [1.82, 2.24) is 0 Å². The van der Waals surface area contributed by atoms with Gasteiger partial charge in [0.1, 0.15) is 13.2 Å². The predicted octanol–water partition coefficient (Wildman–Crippen LogP) is 22.8. The molecular weight excluding hydrogens is 925 g/mol. The van der Waals surface area contributed by atoms with Crippen molar-refractivity contribution in [2.24, 2.45) is 0 Å². The number of ether oxygens (including phenoxy) is 3. The molecule has 0 aromatic rings. The molecule has 0 aromatic carbocycles. The molecule has 0 spiro atoms. The highest BCUT2D eigenvalue weighted by Crippen LogP contribution is 2.18. The summed E-state index contributed by atoms with van der Waals surface area (Å²) in [7, 11) is 0. The van der Waals surface area contributed by atoms with Gasteiger partial charge in [-0.2, -0.15) is 0 Å². The van der Waals surface area contributed by atoms with Crippen LogP contribution in [0.15, 0.2) is 36.5 Å². The lowest BCUT2D eigenvalue weighted by Crippen LogP contribution is -2.30. The molecule has 0 aliphatic carbocycles. The zero-order valence-corrected chi connectivity index (χ0v) is 50.6. The van der Waals surface area contributed by atoms with Crippen molar-refractivity contribution in [1.29, 1.82) is 0 Å². The summed E-state index contributed by atoms with van der Waals surface area (Å²) in [6.45, 7) is 6.67. The van der Waals surface area contributed by atoms with Gasteiger partial charge in [-0.05, 0) is 57.8 Å². The minimum Gasteiger partial charge on any atom is -0.462 e. The van der Waals surface area contributed by atoms with Crippen molar-refractivity contribution in [3.63, 3.8) is 0 Å². The van der Waals surface area contributed by atoms with Gasteiger partial charge in [0.15, 0.2) is 6.10 Å². The number of carbonyl (C=O) groups is 3. The van der Waals surface area contributed by atoms with Crippen LogP contribution in [0.2, 0.25) is 0 Å². The molecule has 0 heterocycles. The molecule has 0 aliphatic heterocycles. The summed E-state index contributed by atoms with van der Waals surface area (Å²) in [4.78, 5) is 38.2. The zero-order chi connectivity index (χ0) is 54.3. The van der Waals surface area contributed by atoms with Gasteiger partial charge in [0, 0.05) is 19.3 Å². The average molecular weight is 1050 g/mol. The Morgan fingerprint density at radius 2 is 0.480 bits per heavy atom. The molecule has 6 nitrogen and oxygen atoms in total. The quantitative estimate of drug-likeness (QED) is 0.0261. The van der Waals surface area contributed by atoms with E-state index in [0.717, 1.165) is 70.6 Å². The van der Waals surface area contributed by atoms with Gasteiger partial charge >= 0.3 is 17.9 Å². The molecule has 0 amide bonds. The van der Waals surface area contributed by atoms with Crippen LogP contribution in [0.4, 0.5) is 0 Å². The molecule has 75 heavy (non-hydrogen) atoms. The fourth-order valence-corrected chi connectivity index (χ4v) is 10.1. The zero-order valence-electron chi connectivity index (χ0n) is 50.6. The van der Waals surface area contributed by atoms with E-state index in [4.69, 9.17) is 14.2 Å². The van der Waals surface area contributed by atoms with Crippen LogP contribution >= 0.6 is 0 Å². The van der Waals surface area contributed by atoms with Gasteiger partial charge in [-0.25, -0.2) is 0 Å². The lowest BCUT2D eigenvalue weighted by molar-refractivity contribution is -0.167. The number of esters is 3. The van der Waals surface area contributed by atoms with E-state index < -0.39 is 6.10 Å². The van der Waals surface area contributed by atoms with Gasteiger partial charge in [-0.15, -0.1) is 0 Å². The molecule has 0 aromatic heterocycles. The number of carbonyl (C=O) groups excluding carboxylic acids is 3. The Morgan fingerprint density at radius 1 is 0.267 bits per heavy atom. The van der Waals surface area contributed by atoms with Crippen LogP contribution in [-0.4, -0.2) is 37.2 Å². The third-order valence-electron chi connectivity index (χ3n) is 15.1. The largest absolute Gasteiger partial charge is 0.462 e. The molecular formula is C69H128O6. The number of hydrogen-bond donors (Lipinski definition) is 0. The van der Waals surface area contributed by atoms with Crippen LogP contribution in [-0.2, 0) is 28.6 Å². The Labute approximate surface area is 467 Å².